The lowest BCUT2D eigenvalue weighted by atomic mass is 10.2. The Morgan fingerprint density at radius 3 is 3.00 bits per heavy atom. The molecule has 1 aromatic carbocycles. The van der Waals surface area contributed by atoms with Gasteiger partial charge in [-0.1, -0.05) is 30.4 Å². The summed E-state index contributed by atoms with van der Waals surface area (Å²) in [5, 5.41) is 9.19. The number of benzene rings is 1. The van der Waals surface area contributed by atoms with Crippen LogP contribution in [0.25, 0.3) is 0 Å². The van der Waals surface area contributed by atoms with Gasteiger partial charge in [0, 0.05) is 10.6 Å². The van der Waals surface area contributed by atoms with Crippen LogP contribution in [0.4, 0.5) is 0 Å². The zero-order valence-corrected chi connectivity index (χ0v) is 8.42. The van der Waals surface area contributed by atoms with Crippen molar-refractivity contribution in [2.45, 2.75) is 17.9 Å². The van der Waals surface area contributed by atoms with Gasteiger partial charge in [0.15, 0.2) is 0 Å². The maximum atomic E-state index is 9.19. The highest BCUT2D eigenvalue weighted by molar-refractivity contribution is 7.99. The number of hydrogen-bond acceptors (Lipinski definition) is 2. The van der Waals surface area contributed by atoms with Crippen LogP contribution in [-0.4, -0.2) is 17.0 Å². The predicted octanol–water partition coefficient (Wildman–Crippen LogP) is 2.44. The van der Waals surface area contributed by atoms with E-state index in [4.69, 9.17) is 6.58 Å². The highest BCUT2D eigenvalue weighted by atomic mass is 32.2. The summed E-state index contributed by atoms with van der Waals surface area (Å²) in [7, 11) is 0. The van der Waals surface area contributed by atoms with Crippen LogP contribution in [0.3, 0.4) is 0 Å². The van der Waals surface area contributed by atoms with Crippen LogP contribution in [0, 0.1) is 13.5 Å². The Bertz CT molecular complexity index is 283. The van der Waals surface area contributed by atoms with E-state index in [0.717, 1.165) is 0 Å². The van der Waals surface area contributed by atoms with Gasteiger partial charge >= 0.3 is 0 Å². The summed E-state index contributed by atoms with van der Waals surface area (Å²) in [6.07, 6.45) is 0.786. The Labute approximate surface area is 83.5 Å². The predicted molar refractivity (Wildman–Crippen MR) is 56.8 cm³/mol. The molecule has 0 aliphatic heterocycles. The third kappa shape index (κ3) is 3.66. The molecular weight excluding hydrogens is 180 g/mol. The lowest BCUT2D eigenvalue weighted by Crippen LogP contribution is -2.04. The summed E-state index contributed by atoms with van der Waals surface area (Å²) < 4.78 is 0. The van der Waals surface area contributed by atoms with Crippen molar-refractivity contribution in [2.75, 3.05) is 5.75 Å². The number of thioether (sulfide) groups is 1. The lowest BCUT2D eigenvalue weighted by molar-refractivity contribution is 0.248. The van der Waals surface area contributed by atoms with Gasteiger partial charge in [0.2, 0.25) is 0 Å². The maximum absolute atomic E-state index is 9.19. The molecule has 1 rings (SSSR count). The van der Waals surface area contributed by atoms with Crippen LogP contribution >= 0.6 is 11.8 Å². The molecule has 1 nitrogen and oxygen atoms in total. The van der Waals surface area contributed by atoms with E-state index in [1.165, 1.54) is 16.5 Å². The molecule has 13 heavy (non-hydrogen) atoms. The molecule has 0 aliphatic rings. The molecule has 2 heteroatoms. The standard InChI is InChI=1S/C11H13OS/c1-3-10(12)8-13-11-6-4-5-9(2)7-11/h1,3-7,10,12H,8H2,2H3. The number of aliphatic hydroxyl groups excluding tert-OH is 1. The summed E-state index contributed by atoms with van der Waals surface area (Å²) in [5.41, 5.74) is 1.23. The molecule has 0 amide bonds. The molecule has 69 valence electrons. The van der Waals surface area contributed by atoms with Crippen molar-refractivity contribution in [1.82, 2.24) is 0 Å². The Kier molecular flexibility index (Phi) is 4.06. The molecule has 1 atom stereocenters. The Balaban J connectivity index is 2.49. The van der Waals surface area contributed by atoms with Crippen molar-refractivity contribution in [3.05, 3.63) is 42.5 Å². The molecule has 1 aromatic rings. The first-order valence-electron chi connectivity index (χ1n) is 4.15. The fourth-order valence-electron chi connectivity index (χ4n) is 0.942. The van der Waals surface area contributed by atoms with Crippen LogP contribution in [0.2, 0.25) is 0 Å². The fourth-order valence-corrected chi connectivity index (χ4v) is 1.86. The molecule has 0 heterocycles. The number of rotatable bonds is 4. The second-order valence-corrected chi connectivity index (χ2v) is 3.98. The van der Waals surface area contributed by atoms with E-state index in [0.29, 0.717) is 5.75 Å². The van der Waals surface area contributed by atoms with Gasteiger partial charge in [-0.15, -0.1) is 11.8 Å². The molecule has 0 fully saturated rings. The smallest absolute Gasteiger partial charge is 0.0817 e. The van der Waals surface area contributed by atoms with Crippen LogP contribution < -0.4 is 0 Å². The van der Waals surface area contributed by atoms with Gasteiger partial charge in [-0.3, -0.25) is 0 Å². The minimum atomic E-state index is -0.523. The first kappa shape index (κ1) is 10.4. The average molecular weight is 193 g/mol. The van der Waals surface area contributed by atoms with Gasteiger partial charge in [0.25, 0.3) is 0 Å². The lowest BCUT2D eigenvalue weighted by Gasteiger charge is -2.04. The molecule has 0 aromatic heterocycles. The van der Waals surface area contributed by atoms with Crippen molar-refractivity contribution in [2.24, 2.45) is 0 Å². The molecule has 0 saturated heterocycles. The van der Waals surface area contributed by atoms with Crippen LogP contribution in [0.5, 0.6) is 0 Å². The van der Waals surface area contributed by atoms with E-state index < -0.39 is 6.10 Å². The van der Waals surface area contributed by atoms with Crippen LogP contribution in [0.1, 0.15) is 5.56 Å². The van der Waals surface area contributed by atoms with Crippen molar-refractivity contribution >= 4 is 11.8 Å². The van der Waals surface area contributed by atoms with Crippen LogP contribution in [0.15, 0.2) is 35.2 Å². The first-order valence-corrected chi connectivity index (χ1v) is 5.13. The highest BCUT2D eigenvalue weighted by Gasteiger charge is 1.99. The molecule has 1 unspecified atom stereocenters. The zero-order valence-electron chi connectivity index (χ0n) is 7.60. The summed E-state index contributed by atoms with van der Waals surface area (Å²) in [6, 6.07) is 8.18. The van der Waals surface area contributed by atoms with Gasteiger partial charge in [-0.25, -0.2) is 0 Å². The molecule has 0 saturated carbocycles. The third-order valence-electron chi connectivity index (χ3n) is 1.63. The monoisotopic (exact) mass is 193 g/mol. The summed E-state index contributed by atoms with van der Waals surface area (Å²) in [5.74, 6) is 0.611. The normalized spacial score (nSPS) is 12.5. The Morgan fingerprint density at radius 1 is 1.62 bits per heavy atom. The third-order valence-corrected chi connectivity index (χ3v) is 2.73. The average Bonchev–Trinajstić information content (AvgIpc) is 2.14. The van der Waals surface area contributed by atoms with E-state index >= 15 is 0 Å². The molecule has 1 radical (unpaired) electrons. The zero-order chi connectivity index (χ0) is 9.68. The maximum Gasteiger partial charge on any atom is 0.0817 e. The number of hydrogen-bond donors (Lipinski definition) is 1. The summed E-state index contributed by atoms with van der Waals surface area (Å²) in [4.78, 5) is 1.17. The van der Waals surface area contributed by atoms with E-state index in [-0.39, 0.29) is 0 Å². The SMILES string of the molecule is [CH]=CC(O)CSc1cccc(C)c1. The number of aryl methyl sites for hydroxylation is 1. The van der Waals surface area contributed by atoms with E-state index in [1.807, 2.05) is 12.1 Å². The second-order valence-electron chi connectivity index (χ2n) is 2.89. The van der Waals surface area contributed by atoms with Crippen molar-refractivity contribution in [3.8, 4) is 0 Å². The molecule has 1 N–H and O–H groups in total. The van der Waals surface area contributed by atoms with Gasteiger partial charge in [0.05, 0.1) is 6.10 Å². The van der Waals surface area contributed by atoms with Gasteiger partial charge < -0.3 is 5.11 Å². The van der Waals surface area contributed by atoms with Gasteiger partial charge in [-0.05, 0) is 19.1 Å². The molecule has 0 aliphatic carbocycles. The van der Waals surface area contributed by atoms with Gasteiger partial charge in [0.1, 0.15) is 0 Å². The van der Waals surface area contributed by atoms with Crippen molar-refractivity contribution in [3.63, 3.8) is 0 Å². The highest BCUT2D eigenvalue weighted by Crippen LogP contribution is 2.19. The number of aliphatic hydroxyl groups is 1. The Hall–Kier alpha value is -0.730. The molecule has 0 spiro atoms. The summed E-state index contributed by atoms with van der Waals surface area (Å²) >= 11 is 1.61. The fraction of sp³-hybridized carbons (Fsp3) is 0.273. The minimum absolute atomic E-state index is 0.523. The minimum Gasteiger partial charge on any atom is -0.388 e. The van der Waals surface area contributed by atoms with Gasteiger partial charge in [-0.2, -0.15) is 0 Å². The largest absolute Gasteiger partial charge is 0.388 e. The topological polar surface area (TPSA) is 20.2 Å². The quantitative estimate of drug-likeness (QED) is 0.741. The molecule has 0 bridgehead atoms. The van der Waals surface area contributed by atoms with Crippen molar-refractivity contribution in [1.29, 1.82) is 0 Å². The first-order chi connectivity index (χ1) is 6.22. The molecular formula is C11H13OS. The Morgan fingerprint density at radius 2 is 2.38 bits per heavy atom. The van der Waals surface area contributed by atoms with Crippen molar-refractivity contribution < 1.29 is 5.11 Å². The van der Waals surface area contributed by atoms with E-state index in [9.17, 15) is 5.11 Å². The van der Waals surface area contributed by atoms with Crippen LogP contribution in [-0.2, 0) is 0 Å². The second kappa shape index (κ2) is 5.10. The van der Waals surface area contributed by atoms with E-state index in [1.54, 1.807) is 11.8 Å². The van der Waals surface area contributed by atoms with E-state index in [2.05, 4.69) is 19.1 Å². The summed E-state index contributed by atoms with van der Waals surface area (Å²) in [6.45, 7) is 7.23.